The number of ether oxygens (including phenoxy) is 1. The number of methoxy groups -OCH3 is 1. The largest absolute Gasteiger partial charge is 0.497 e. The van der Waals surface area contributed by atoms with Gasteiger partial charge in [0.05, 0.1) is 7.11 Å². The van der Waals surface area contributed by atoms with E-state index in [9.17, 15) is 0 Å². The Morgan fingerprint density at radius 2 is 1.95 bits per heavy atom. The van der Waals surface area contributed by atoms with Crippen molar-refractivity contribution in [2.24, 2.45) is 5.84 Å². The van der Waals surface area contributed by atoms with Crippen LogP contribution in [0.15, 0.2) is 42.6 Å². The number of anilines is 1. The van der Waals surface area contributed by atoms with Gasteiger partial charge in [0.15, 0.2) is 0 Å². The van der Waals surface area contributed by atoms with E-state index in [1.807, 2.05) is 36.4 Å². The van der Waals surface area contributed by atoms with E-state index in [4.69, 9.17) is 16.3 Å². The van der Waals surface area contributed by atoms with E-state index in [0.717, 1.165) is 24.2 Å². The summed E-state index contributed by atoms with van der Waals surface area (Å²) in [7, 11) is 1.66. The Kier molecular flexibility index (Phi) is 4.92. The molecule has 0 radical (unpaired) electrons. The molecule has 1 aromatic heterocycles. The molecule has 2 aromatic rings. The van der Waals surface area contributed by atoms with E-state index in [1.165, 1.54) is 5.56 Å². The zero-order valence-corrected chi connectivity index (χ0v) is 11.5. The van der Waals surface area contributed by atoms with Crippen LogP contribution in [-0.2, 0) is 12.8 Å². The molecule has 0 aliphatic rings. The fourth-order valence-electron chi connectivity index (χ4n) is 2.13. The van der Waals surface area contributed by atoms with Crippen LogP contribution in [0, 0.1) is 0 Å². The average Bonchev–Trinajstić information content (AvgIpc) is 2.49. The van der Waals surface area contributed by atoms with Crippen molar-refractivity contribution in [1.82, 2.24) is 10.4 Å². The number of nitrogens with one attached hydrogen (secondary N) is 1. The first-order chi connectivity index (χ1) is 9.72. The maximum absolute atomic E-state index is 5.86. The Labute approximate surface area is 118 Å². The van der Waals surface area contributed by atoms with Crippen molar-refractivity contribution >= 4 is 5.82 Å². The Balaban J connectivity index is 2.03. The minimum absolute atomic E-state index is 0.106. The van der Waals surface area contributed by atoms with Gasteiger partial charge in [0.25, 0.3) is 0 Å². The number of benzene rings is 1. The van der Waals surface area contributed by atoms with Crippen LogP contribution in [0.1, 0.15) is 11.1 Å². The number of nitrogens with zero attached hydrogens (tertiary/aromatic N) is 1. The molecule has 0 amide bonds. The van der Waals surface area contributed by atoms with E-state index in [1.54, 1.807) is 13.3 Å². The second-order valence-corrected chi connectivity index (χ2v) is 4.67. The summed E-state index contributed by atoms with van der Waals surface area (Å²) in [5.41, 5.74) is 10.9. The van der Waals surface area contributed by atoms with E-state index in [-0.39, 0.29) is 6.04 Å². The summed E-state index contributed by atoms with van der Waals surface area (Å²) in [5, 5.41) is 0. The number of hydrogen-bond donors (Lipinski definition) is 3. The zero-order valence-electron chi connectivity index (χ0n) is 11.5. The van der Waals surface area contributed by atoms with Gasteiger partial charge in [0, 0.05) is 12.2 Å². The lowest BCUT2D eigenvalue weighted by molar-refractivity contribution is 0.414. The molecule has 5 heteroatoms. The molecule has 1 aromatic carbocycles. The second kappa shape index (κ2) is 6.88. The number of nitrogen functional groups attached to an aromatic ring is 1. The van der Waals surface area contributed by atoms with Crippen LogP contribution >= 0.6 is 0 Å². The molecule has 0 spiro atoms. The van der Waals surface area contributed by atoms with Gasteiger partial charge in [-0.2, -0.15) is 0 Å². The lowest BCUT2D eigenvalue weighted by Crippen LogP contribution is -2.38. The van der Waals surface area contributed by atoms with Gasteiger partial charge in [-0.3, -0.25) is 11.3 Å². The number of hydrazine groups is 1. The Morgan fingerprint density at radius 3 is 2.55 bits per heavy atom. The third-order valence-corrected chi connectivity index (χ3v) is 3.27. The van der Waals surface area contributed by atoms with Crippen molar-refractivity contribution in [2.75, 3.05) is 12.8 Å². The standard InChI is InChI=1S/C15H20N4O/c1-20-14-6-4-11(5-7-14)9-13(19-17)10-12-3-2-8-18-15(12)16/h2-8,13,19H,9-10,17H2,1H3,(H2,16,18). The molecule has 0 saturated carbocycles. The fraction of sp³-hybridized carbons (Fsp3) is 0.267. The van der Waals surface area contributed by atoms with Crippen molar-refractivity contribution in [1.29, 1.82) is 0 Å². The van der Waals surface area contributed by atoms with Gasteiger partial charge in [-0.05, 0) is 42.2 Å². The summed E-state index contributed by atoms with van der Waals surface area (Å²) in [5.74, 6) is 7.05. The number of rotatable bonds is 6. The molecule has 0 aliphatic carbocycles. The monoisotopic (exact) mass is 272 g/mol. The predicted octanol–water partition coefficient (Wildman–Crippen LogP) is 1.29. The summed E-state index contributed by atoms with van der Waals surface area (Å²) in [6.45, 7) is 0. The number of aromatic nitrogens is 1. The predicted molar refractivity (Wildman–Crippen MR) is 80.2 cm³/mol. The highest BCUT2D eigenvalue weighted by molar-refractivity contribution is 5.39. The van der Waals surface area contributed by atoms with Crippen LogP contribution in [0.25, 0.3) is 0 Å². The van der Waals surface area contributed by atoms with Gasteiger partial charge in [-0.1, -0.05) is 18.2 Å². The molecule has 0 saturated heterocycles. The normalized spacial score (nSPS) is 12.1. The minimum atomic E-state index is 0.106. The van der Waals surface area contributed by atoms with Gasteiger partial charge >= 0.3 is 0 Å². The number of hydrogen-bond acceptors (Lipinski definition) is 5. The summed E-state index contributed by atoms with van der Waals surface area (Å²) < 4.78 is 5.15. The molecule has 1 unspecified atom stereocenters. The molecular weight excluding hydrogens is 252 g/mol. The smallest absolute Gasteiger partial charge is 0.126 e. The minimum Gasteiger partial charge on any atom is -0.497 e. The quantitative estimate of drug-likeness (QED) is 0.545. The lowest BCUT2D eigenvalue weighted by atomic mass is 10.00. The Bertz CT molecular complexity index is 542. The molecule has 0 aliphatic heterocycles. The summed E-state index contributed by atoms with van der Waals surface area (Å²) in [6, 6.07) is 11.9. The van der Waals surface area contributed by atoms with Gasteiger partial charge in [0.2, 0.25) is 0 Å². The summed E-state index contributed by atoms with van der Waals surface area (Å²) in [6.07, 6.45) is 3.24. The van der Waals surface area contributed by atoms with Gasteiger partial charge in [-0.15, -0.1) is 0 Å². The topological polar surface area (TPSA) is 86.2 Å². The highest BCUT2D eigenvalue weighted by atomic mass is 16.5. The van der Waals surface area contributed by atoms with Gasteiger partial charge < -0.3 is 10.5 Å². The fourth-order valence-corrected chi connectivity index (χ4v) is 2.13. The lowest BCUT2D eigenvalue weighted by Gasteiger charge is -2.17. The van der Waals surface area contributed by atoms with Crippen molar-refractivity contribution in [3.63, 3.8) is 0 Å². The van der Waals surface area contributed by atoms with E-state index >= 15 is 0 Å². The molecule has 0 bridgehead atoms. The molecular formula is C15H20N4O. The van der Waals surface area contributed by atoms with E-state index in [0.29, 0.717) is 5.82 Å². The molecule has 2 rings (SSSR count). The highest BCUT2D eigenvalue weighted by Crippen LogP contribution is 2.15. The van der Waals surface area contributed by atoms with Crippen LogP contribution in [0.3, 0.4) is 0 Å². The third-order valence-electron chi connectivity index (χ3n) is 3.27. The van der Waals surface area contributed by atoms with Crippen LogP contribution in [0.5, 0.6) is 5.75 Å². The van der Waals surface area contributed by atoms with Crippen molar-refractivity contribution in [3.8, 4) is 5.75 Å². The molecule has 106 valence electrons. The average molecular weight is 272 g/mol. The molecule has 20 heavy (non-hydrogen) atoms. The van der Waals surface area contributed by atoms with Gasteiger partial charge in [-0.25, -0.2) is 4.98 Å². The van der Waals surface area contributed by atoms with Crippen molar-refractivity contribution in [3.05, 3.63) is 53.7 Å². The molecule has 1 atom stereocenters. The molecule has 0 fully saturated rings. The maximum atomic E-state index is 5.86. The van der Waals surface area contributed by atoms with Crippen LogP contribution in [0.2, 0.25) is 0 Å². The number of nitrogens with two attached hydrogens (primary N) is 2. The molecule has 1 heterocycles. The van der Waals surface area contributed by atoms with E-state index < -0.39 is 0 Å². The first-order valence-electron chi connectivity index (χ1n) is 6.51. The molecule has 5 nitrogen and oxygen atoms in total. The number of pyridine rings is 1. The Morgan fingerprint density at radius 1 is 1.20 bits per heavy atom. The van der Waals surface area contributed by atoms with Crippen molar-refractivity contribution < 1.29 is 4.74 Å². The Hall–Kier alpha value is -2.11. The van der Waals surface area contributed by atoms with Crippen molar-refractivity contribution in [2.45, 2.75) is 18.9 Å². The van der Waals surface area contributed by atoms with Gasteiger partial charge in [0.1, 0.15) is 11.6 Å². The third kappa shape index (κ3) is 3.69. The zero-order chi connectivity index (χ0) is 14.4. The van der Waals surface area contributed by atoms with Crippen LogP contribution < -0.4 is 21.7 Å². The highest BCUT2D eigenvalue weighted by Gasteiger charge is 2.11. The maximum Gasteiger partial charge on any atom is 0.126 e. The summed E-state index contributed by atoms with van der Waals surface area (Å²) in [4.78, 5) is 4.09. The van der Waals surface area contributed by atoms with Crippen LogP contribution in [0.4, 0.5) is 5.82 Å². The SMILES string of the molecule is COc1ccc(CC(Cc2cccnc2N)NN)cc1. The first kappa shape index (κ1) is 14.3. The van der Waals surface area contributed by atoms with E-state index in [2.05, 4.69) is 10.4 Å². The molecule has 5 N–H and O–H groups in total. The van der Waals surface area contributed by atoms with Crippen LogP contribution in [-0.4, -0.2) is 18.1 Å². The first-order valence-corrected chi connectivity index (χ1v) is 6.51. The second-order valence-electron chi connectivity index (χ2n) is 4.67. The summed E-state index contributed by atoms with van der Waals surface area (Å²) >= 11 is 0.